The third kappa shape index (κ3) is 3.31. The lowest BCUT2D eigenvalue weighted by Gasteiger charge is -2.08. The highest BCUT2D eigenvalue weighted by atomic mass is 16.1. The van der Waals surface area contributed by atoms with Crippen LogP contribution in [0.15, 0.2) is 42.9 Å². The van der Waals surface area contributed by atoms with Crippen molar-refractivity contribution in [3.63, 3.8) is 0 Å². The number of nitrogens with zero attached hydrogens (tertiary/aromatic N) is 4. The van der Waals surface area contributed by atoms with Crippen LogP contribution in [0, 0.1) is 6.92 Å². The molecule has 1 aromatic carbocycles. The van der Waals surface area contributed by atoms with Gasteiger partial charge in [-0.2, -0.15) is 5.10 Å². The summed E-state index contributed by atoms with van der Waals surface area (Å²) in [7, 11) is 1.92. The van der Waals surface area contributed by atoms with Crippen molar-refractivity contribution in [1.82, 2.24) is 19.3 Å². The maximum atomic E-state index is 11.1. The molecule has 0 bridgehead atoms. The molecule has 0 aliphatic heterocycles. The van der Waals surface area contributed by atoms with Crippen LogP contribution in [0.2, 0.25) is 0 Å². The highest BCUT2D eigenvalue weighted by molar-refractivity contribution is 5.88. The maximum Gasteiger partial charge on any atom is 0.221 e. The minimum atomic E-state index is -0.0775. The topological polar surface area (TPSA) is 64.7 Å². The zero-order valence-corrected chi connectivity index (χ0v) is 13.4. The molecule has 0 radical (unpaired) electrons. The molecule has 0 fully saturated rings. The fourth-order valence-electron chi connectivity index (χ4n) is 2.59. The Hall–Kier alpha value is -2.89. The molecule has 1 N–H and O–H groups in total. The first-order chi connectivity index (χ1) is 11.0. The third-order valence-corrected chi connectivity index (χ3v) is 3.63. The van der Waals surface area contributed by atoms with Crippen molar-refractivity contribution in [2.24, 2.45) is 7.05 Å². The van der Waals surface area contributed by atoms with Gasteiger partial charge in [0.25, 0.3) is 0 Å². The molecular formula is C17H19N5O. The highest BCUT2D eigenvalue weighted by Crippen LogP contribution is 2.21. The van der Waals surface area contributed by atoms with Crippen LogP contribution in [0.4, 0.5) is 5.69 Å². The second-order valence-electron chi connectivity index (χ2n) is 5.55. The van der Waals surface area contributed by atoms with E-state index in [2.05, 4.69) is 20.0 Å². The van der Waals surface area contributed by atoms with Crippen molar-refractivity contribution in [2.45, 2.75) is 20.4 Å². The quantitative estimate of drug-likeness (QED) is 0.805. The summed E-state index contributed by atoms with van der Waals surface area (Å²) in [6, 6.07) is 7.68. The van der Waals surface area contributed by atoms with E-state index in [-0.39, 0.29) is 5.91 Å². The molecule has 23 heavy (non-hydrogen) atoms. The summed E-state index contributed by atoms with van der Waals surface area (Å²) in [5, 5.41) is 7.14. The number of amides is 1. The van der Waals surface area contributed by atoms with Gasteiger partial charge in [-0.25, -0.2) is 4.98 Å². The van der Waals surface area contributed by atoms with E-state index in [0.29, 0.717) is 0 Å². The molecule has 3 aromatic rings. The van der Waals surface area contributed by atoms with Gasteiger partial charge in [0.1, 0.15) is 5.82 Å². The lowest BCUT2D eigenvalue weighted by atomic mass is 10.2. The van der Waals surface area contributed by atoms with Crippen molar-refractivity contribution < 1.29 is 4.79 Å². The molecule has 0 atom stereocenters. The average Bonchev–Trinajstić information content (AvgIpc) is 3.06. The van der Waals surface area contributed by atoms with Gasteiger partial charge in [0.2, 0.25) is 5.91 Å². The van der Waals surface area contributed by atoms with E-state index >= 15 is 0 Å². The van der Waals surface area contributed by atoms with Gasteiger partial charge < -0.3 is 9.88 Å². The summed E-state index contributed by atoms with van der Waals surface area (Å²) in [4.78, 5) is 15.5. The summed E-state index contributed by atoms with van der Waals surface area (Å²) in [5.41, 5.74) is 3.97. The van der Waals surface area contributed by atoms with Crippen LogP contribution >= 0.6 is 0 Å². The van der Waals surface area contributed by atoms with E-state index in [1.165, 1.54) is 12.5 Å². The Morgan fingerprint density at radius 3 is 2.61 bits per heavy atom. The minimum absolute atomic E-state index is 0.0775. The molecule has 118 valence electrons. The van der Waals surface area contributed by atoms with Gasteiger partial charge >= 0.3 is 0 Å². The second-order valence-corrected chi connectivity index (χ2v) is 5.55. The van der Waals surface area contributed by atoms with Gasteiger partial charge in [-0.1, -0.05) is 0 Å². The Kier molecular flexibility index (Phi) is 3.97. The molecule has 0 saturated carbocycles. The van der Waals surface area contributed by atoms with Gasteiger partial charge in [0.05, 0.1) is 12.2 Å². The zero-order chi connectivity index (χ0) is 16.4. The molecule has 0 aliphatic carbocycles. The maximum absolute atomic E-state index is 11.1. The van der Waals surface area contributed by atoms with Crippen molar-refractivity contribution in [1.29, 1.82) is 0 Å². The Bertz CT molecular complexity index is 829. The summed E-state index contributed by atoms with van der Waals surface area (Å²) in [5.74, 6) is 0.814. The number of rotatable bonds is 4. The van der Waals surface area contributed by atoms with Gasteiger partial charge in [0.15, 0.2) is 0 Å². The minimum Gasteiger partial charge on any atom is -0.326 e. The average molecular weight is 309 g/mol. The number of hydrogen-bond donors (Lipinski definition) is 1. The van der Waals surface area contributed by atoms with E-state index in [4.69, 9.17) is 0 Å². The number of carbonyl (C=O) groups is 1. The van der Waals surface area contributed by atoms with Crippen LogP contribution in [0.1, 0.15) is 18.2 Å². The van der Waals surface area contributed by atoms with Crippen LogP contribution < -0.4 is 5.32 Å². The van der Waals surface area contributed by atoms with Crippen LogP contribution in [-0.4, -0.2) is 25.2 Å². The predicted molar refractivity (Wildman–Crippen MR) is 89.0 cm³/mol. The lowest BCUT2D eigenvalue weighted by molar-refractivity contribution is -0.114. The van der Waals surface area contributed by atoms with Gasteiger partial charge in [-0.15, -0.1) is 0 Å². The Balaban J connectivity index is 1.85. The van der Waals surface area contributed by atoms with Crippen LogP contribution in [-0.2, 0) is 18.4 Å². The molecule has 3 rings (SSSR count). The first-order valence-corrected chi connectivity index (χ1v) is 7.41. The number of hydrogen-bond acceptors (Lipinski definition) is 3. The second kappa shape index (κ2) is 6.08. The van der Waals surface area contributed by atoms with E-state index in [9.17, 15) is 4.79 Å². The largest absolute Gasteiger partial charge is 0.326 e. The molecule has 0 spiro atoms. The van der Waals surface area contributed by atoms with Crippen molar-refractivity contribution in [3.8, 4) is 11.4 Å². The molecule has 0 aliphatic rings. The van der Waals surface area contributed by atoms with Gasteiger partial charge in [0, 0.05) is 49.4 Å². The van der Waals surface area contributed by atoms with E-state index < -0.39 is 0 Å². The standard InChI is InChI=1S/C17H19N5O/c1-12-15(10-21(3)20-12)11-22-9-8-18-17(22)14-4-6-16(7-5-14)19-13(2)23/h4-10H,11H2,1-3H3,(H,19,23). The Labute approximate surface area is 134 Å². The SMILES string of the molecule is CC(=O)Nc1ccc(-c2nccn2Cc2cn(C)nc2C)cc1. The van der Waals surface area contributed by atoms with Crippen molar-refractivity contribution in [2.75, 3.05) is 5.32 Å². The number of aromatic nitrogens is 4. The lowest BCUT2D eigenvalue weighted by Crippen LogP contribution is -2.05. The van der Waals surface area contributed by atoms with Crippen molar-refractivity contribution in [3.05, 3.63) is 54.1 Å². The summed E-state index contributed by atoms with van der Waals surface area (Å²) in [6.07, 6.45) is 5.78. The smallest absolute Gasteiger partial charge is 0.221 e. The number of carbonyl (C=O) groups excluding carboxylic acids is 1. The van der Waals surface area contributed by atoms with E-state index in [1.807, 2.05) is 55.3 Å². The van der Waals surface area contributed by atoms with Crippen LogP contribution in [0.25, 0.3) is 11.4 Å². The third-order valence-electron chi connectivity index (χ3n) is 3.63. The monoisotopic (exact) mass is 309 g/mol. The van der Waals surface area contributed by atoms with E-state index in [0.717, 1.165) is 29.3 Å². The molecule has 6 heteroatoms. The van der Waals surface area contributed by atoms with Gasteiger partial charge in [-0.3, -0.25) is 9.48 Å². The summed E-state index contributed by atoms with van der Waals surface area (Å²) < 4.78 is 3.92. The highest BCUT2D eigenvalue weighted by Gasteiger charge is 2.09. The molecule has 6 nitrogen and oxygen atoms in total. The number of imidazole rings is 1. The fourth-order valence-corrected chi connectivity index (χ4v) is 2.59. The zero-order valence-electron chi connectivity index (χ0n) is 13.4. The number of benzene rings is 1. The van der Waals surface area contributed by atoms with Gasteiger partial charge in [-0.05, 0) is 31.2 Å². The molecule has 2 heterocycles. The first kappa shape index (κ1) is 15.0. The normalized spacial score (nSPS) is 10.7. The van der Waals surface area contributed by atoms with Crippen LogP contribution in [0.3, 0.4) is 0 Å². The molecule has 2 aromatic heterocycles. The Morgan fingerprint density at radius 2 is 2.00 bits per heavy atom. The van der Waals surface area contributed by atoms with Crippen molar-refractivity contribution >= 4 is 11.6 Å². The Morgan fingerprint density at radius 1 is 1.26 bits per heavy atom. The molecular weight excluding hydrogens is 290 g/mol. The van der Waals surface area contributed by atoms with E-state index in [1.54, 1.807) is 6.20 Å². The predicted octanol–water partition coefficient (Wildman–Crippen LogP) is 2.60. The molecule has 0 unspecified atom stereocenters. The number of aryl methyl sites for hydroxylation is 2. The summed E-state index contributed by atoms with van der Waals surface area (Å²) in [6.45, 7) is 4.23. The number of anilines is 1. The molecule has 0 saturated heterocycles. The molecule has 1 amide bonds. The first-order valence-electron chi connectivity index (χ1n) is 7.41. The van der Waals surface area contributed by atoms with Crippen LogP contribution in [0.5, 0.6) is 0 Å². The summed E-state index contributed by atoms with van der Waals surface area (Å²) >= 11 is 0. The number of nitrogens with one attached hydrogen (secondary N) is 1. The fraction of sp³-hybridized carbons (Fsp3) is 0.235.